The summed E-state index contributed by atoms with van der Waals surface area (Å²) in [6.07, 6.45) is -1.69. The molecule has 0 aliphatic rings. The van der Waals surface area contributed by atoms with Gasteiger partial charge in [0.15, 0.2) is 11.6 Å². The molecule has 140 valence electrons. The number of fused-ring (bicyclic) bond motifs is 1. The number of hydrogen-bond donors (Lipinski definition) is 1. The van der Waals surface area contributed by atoms with Crippen LogP contribution < -0.4 is 4.72 Å². The van der Waals surface area contributed by atoms with Crippen LogP contribution in [0.3, 0.4) is 0 Å². The summed E-state index contributed by atoms with van der Waals surface area (Å²) < 4.78 is 68.9. The first kappa shape index (κ1) is 19.1. The van der Waals surface area contributed by atoms with Gasteiger partial charge in [-0.2, -0.15) is 13.2 Å². The van der Waals surface area contributed by atoms with Crippen molar-refractivity contribution >= 4 is 28.8 Å². The van der Waals surface area contributed by atoms with E-state index in [1.165, 1.54) is 6.20 Å². The van der Waals surface area contributed by atoms with Crippen molar-refractivity contribution in [2.45, 2.75) is 6.18 Å². The van der Waals surface area contributed by atoms with Crippen molar-refractivity contribution in [3.8, 4) is 11.1 Å². The molecule has 2 aromatic carbocycles. The predicted molar refractivity (Wildman–Crippen MR) is 93.1 cm³/mol. The van der Waals surface area contributed by atoms with E-state index in [1.807, 2.05) is 0 Å². The summed E-state index contributed by atoms with van der Waals surface area (Å²) in [5.74, 6) is -2.91. The number of rotatable bonds is 3. The number of halogens is 5. The predicted octanol–water partition coefficient (Wildman–Crippen LogP) is 5.21. The Morgan fingerprint density at radius 3 is 2.37 bits per heavy atom. The van der Waals surface area contributed by atoms with Gasteiger partial charge in [-0.1, -0.05) is 24.1 Å². The van der Waals surface area contributed by atoms with Crippen molar-refractivity contribution in [2.24, 2.45) is 0 Å². The van der Waals surface area contributed by atoms with Crippen molar-refractivity contribution in [1.29, 1.82) is 0 Å². The van der Waals surface area contributed by atoms with Gasteiger partial charge < -0.3 is 0 Å². The number of amides is 1. The van der Waals surface area contributed by atoms with Crippen LogP contribution in [0, 0.1) is 11.6 Å². The number of pyridine rings is 1. The highest BCUT2D eigenvalue weighted by Crippen LogP contribution is 2.34. The molecule has 0 saturated heterocycles. The highest BCUT2D eigenvalue weighted by Gasteiger charge is 2.30. The first-order valence-corrected chi connectivity index (χ1v) is 8.73. The van der Waals surface area contributed by atoms with Crippen LogP contribution in [-0.4, -0.2) is 17.1 Å². The summed E-state index contributed by atoms with van der Waals surface area (Å²) in [7, 11) is 0. The van der Waals surface area contributed by atoms with Crippen LogP contribution in [-0.2, 0) is 6.18 Å². The lowest BCUT2D eigenvalue weighted by atomic mass is 9.99. The normalized spacial score (nSPS) is 11.6. The van der Waals surface area contributed by atoms with Gasteiger partial charge in [-0.3, -0.25) is 14.5 Å². The number of aromatic nitrogens is 1. The first-order chi connectivity index (χ1) is 12.7. The van der Waals surface area contributed by atoms with Gasteiger partial charge in [-0.05, 0) is 29.8 Å². The quantitative estimate of drug-likeness (QED) is 0.487. The molecule has 0 bridgehead atoms. The number of alkyl halides is 3. The second-order valence-electron chi connectivity index (χ2n) is 5.55. The Bertz CT molecular complexity index is 1020. The van der Waals surface area contributed by atoms with Crippen LogP contribution in [0.4, 0.5) is 22.0 Å². The first-order valence-electron chi connectivity index (χ1n) is 7.51. The maximum absolute atomic E-state index is 14.2. The van der Waals surface area contributed by atoms with Crippen molar-refractivity contribution in [3.63, 3.8) is 0 Å². The highest BCUT2D eigenvalue weighted by molar-refractivity contribution is 7.97. The van der Waals surface area contributed by atoms with E-state index in [0.29, 0.717) is 0 Å². The van der Waals surface area contributed by atoms with Crippen LogP contribution in [0.5, 0.6) is 0 Å². The minimum atomic E-state index is -4.51. The van der Waals surface area contributed by atoms with E-state index < -0.39 is 29.3 Å². The molecule has 0 saturated carbocycles. The van der Waals surface area contributed by atoms with Crippen molar-refractivity contribution in [3.05, 3.63) is 65.4 Å². The second-order valence-corrected chi connectivity index (χ2v) is 6.16. The molecule has 1 N–H and O–H groups in total. The Balaban J connectivity index is 2.16. The topological polar surface area (TPSA) is 42.0 Å². The molecule has 1 aromatic heterocycles. The lowest BCUT2D eigenvalue weighted by Gasteiger charge is -2.11. The average molecular weight is 398 g/mol. The monoisotopic (exact) mass is 398 g/mol. The van der Waals surface area contributed by atoms with Gasteiger partial charge in [0.1, 0.15) is 0 Å². The molecule has 1 amide bonds. The molecule has 0 aliphatic carbocycles. The van der Waals surface area contributed by atoms with E-state index >= 15 is 0 Å². The molecular weight excluding hydrogens is 387 g/mol. The molecule has 3 aromatic rings. The molecule has 27 heavy (non-hydrogen) atoms. The summed E-state index contributed by atoms with van der Waals surface area (Å²) in [6, 6.07) is 6.04. The Morgan fingerprint density at radius 2 is 1.78 bits per heavy atom. The zero-order valence-electron chi connectivity index (χ0n) is 13.7. The van der Waals surface area contributed by atoms with Gasteiger partial charge in [0.25, 0.3) is 5.91 Å². The van der Waals surface area contributed by atoms with Gasteiger partial charge in [0.05, 0.1) is 16.6 Å². The van der Waals surface area contributed by atoms with Crippen molar-refractivity contribution in [1.82, 2.24) is 9.71 Å². The Kier molecular flexibility index (Phi) is 5.05. The lowest BCUT2D eigenvalue weighted by molar-refractivity contribution is -0.137. The third-order valence-corrected chi connectivity index (χ3v) is 4.23. The fourth-order valence-electron chi connectivity index (χ4n) is 2.57. The average Bonchev–Trinajstić information content (AvgIpc) is 2.64. The molecule has 0 aliphatic heterocycles. The minimum absolute atomic E-state index is 0.0275. The van der Waals surface area contributed by atoms with Crippen LogP contribution >= 0.6 is 11.9 Å². The van der Waals surface area contributed by atoms with Gasteiger partial charge in [0.2, 0.25) is 0 Å². The summed E-state index contributed by atoms with van der Waals surface area (Å²) in [4.78, 5) is 15.9. The summed E-state index contributed by atoms with van der Waals surface area (Å²) in [6.45, 7) is 0. The second kappa shape index (κ2) is 7.15. The molecule has 0 fully saturated rings. The van der Waals surface area contributed by atoms with E-state index in [9.17, 15) is 26.7 Å². The van der Waals surface area contributed by atoms with E-state index in [-0.39, 0.29) is 27.6 Å². The zero-order valence-corrected chi connectivity index (χ0v) is 14.5. The van der Waals surface area contributed by atoms with Gasteiger partial charge >= 0.3 is 6.18 Å². The van der Waals surface area contributed by atoms with E-state index in [2.05, 4.69) is 9.71 Å². The third kappa shape index (κ3) is 3.73. The van der Waals surface area contributed by atoms with Gasteiger partial charge in [0, 0.05) is 23.4 Å². The SMILES string of the molecule is CSNC(=O)c1cnc2c(-c3ccc(C(F)(F)F)cc3)cc(F)c(F)c2c1. The number of carbonyl (C=O) groups excluding carboxylic acids is 1. The molecule has 0 spiro atoms. The van der Waals surface area contributed by atoms with Crippen molar-refractivity contribution < 1.29 is 26.7 Å². The van der Waals surface area contributed by atoms with E-state index in [4.69, 9.17) is 0 Å². The third-order valence-electron chi connectivity index (χ3n) is 3.84. The van der Waals surface area contributed by atoms with Gasteiger partial charge in [-0.25, -0.2) is 8.78 Å². The summed E-state index contributed by atoms with van der Waals surface area (Å²) in [5, 5.41) is -0.237. The van der Waals surface area contributed by atoms with Crippen LogP contribution in [0.25, 0.3) is 22.0 Å². The number of benzene rings is 2. The minimum Gasteiger partial charge on any atom is -0.296 e. The molecule has 0 radical (unpaired) electrons. The number of nitrogens with zero attached hydrogens (tertiary/aromatic N) is 1. The molecular formula is C18H11F5N2OS. The molecule has 3 rings (SSSR count). The zero-order chi connectivity index (χ0) is 19.8. The Labute approximate surface area is 154 Å². The van der Waals surface area contributed by atoms with Crippen LogP contribution in [0.2, 0.25) is 0 Å². The summed E-state index contributed by atoms with van der Waals surface area (Å²) >= 11 is 1.03. The van der Waals surface area contributed by atoms with E-state index in [1.54, 1.807) is 6.26 Å². The fraction of sp³-hybridized carbons (Fsp3) is 0.111. The maximum Gasteiger partial charge on any atom is 0.416 e. The van der Waals surface area contributed by atoms with E-state index in [0.717, 1.165) is 48.3 Å². The molecule has 3 nitrogen and oxygen atoms in total. The number of hydrogen-bond acceptors (Lipinski definition) is 3. The van der Waals surface area contributed by atoms with Gasteiger partial charge in [-0.15, -0.1) is 0 Å². The van der Waals surface area contributed by atoms with Crippen LogP contribution in [0.1, 0.15) is 15.9 Å². The summed E-state index contributed by atoms with van der Waals surface area (Å²) in [5.41, 5.74) is -0.439. The van der Waals surface area contributed by atoms with Crippen LogP contribution in [0.15, 0.2) is 42.6 Å². The number of nitrogens with one attached hydrogen (secondary N) is 1. The molecule has 9 heteroatoms. The molecule has 0 atom stereocenters. The molecule has 1 heterocycles. The smallest absolute Gasteiger partial charge is 0.296 e. The number of carbonyl (C=O) groups is 1. The molecule has 0 unspecified atom stereocenters. The highest BCUT2D eigenvalue weighted by atomic mass is 32.2. The largest absolute Gasteiger partial charge is 0.416 e. The lowest BCUT2D eigenvalue weighted by Crippen LogP contribution is -2.15. The maximum atomic E-state index is 14.2. The Morgan fingerprint density at radius 1 is 1.11 bits per heavy atom. The standard InChI is InChI=1S/C18H11F5N2OS/c1-27-25-17(26)10-6-13-15(20)14(19)7-12(16(13)24-8-10)9-2-4-11(5-3-9)18(21,22)23/h2-8H,1H3,(H,25,26). The Hall–Kier alpha value is -2.68. The fourth-order valence-corrected chi connectivity index (χ4v) is 2.87. The van der Waals surface area contributed by atoms with Crippen molar-refractivity contribution in [2.75, 3.05) is 6.26 Å².